The number of nitrogens with zero attached hydrogens (tertiary/aromatic N) is 1. The summed E-state index contributed by atoms with van der Waals surface area (Å²) >= 11 is 18.0. The Balaban J connectivity index is 3.21. The number of aliphatic imine (C=N–C) groups is 1. The quantitative estimate of drug-likeness (QED) is 0.481. The Labute approximate surface area is 109 Å². The SMILES string of the molecule is NC(CCl)=Nc1c(Br)cc(Cl)cc1Br. The second kappa shape index (κ2) is 5.35. The maximum absolute atomic E-state index is 5.83. The Hall–Kier alpha value is 0.230. The van der Waals surface area contributed by atoms with Crippen molar-refractivity contribution >= 4 is 66.6 Å². The largest absolute Gasteiger partial charge is 0.386 e. The molecule has 2 nitrogen and oxygen atoms in total. The number of hydrogen-bond acceptors (Lipinski definition) is 1. The van der Waals surface area contributed by atoms with Crippen LogP contribution in [-0.2, 0) is 0 Å². The number of nitrogens with two attached hydrogens (primary N) is 1. The molecule has 0 heterocycles. The van der Waals surface area contributed by atoms with Crippen LogP contribution < -0.4 is 5.73 Å². The normalized spacial score (nSPS) is 11.9. The van der Waals surface area contributed by atoms with Crippen molar-refractivity contribution in [3.8, 4) is 0 Å². The zero-order valence-corrected chi connectivity index (χ0v) is 11.6. The summed E-state index contributed by atoms with van der Waals surface area (Å²) in [7, 11) is 0. The van der Waals surface area contributed by atoms with Gasteiger partial charge in [0.2, 0.25) is 0 Å². The minimum Gasteiger partial charge on any atom is -0.386 e. The molecule has 76 valence electrons. The lowest BCUT2D eigenvalue weighted by molar-refractivity contribution is 1.41. The third-order valence-corrected chi connectivity index (χ3v) is 3.08. The van der Waals surface area contributed by atoms with E-state index in [4.69, 9.17) is 28.9 Å². The highest BCUT2D eigenvalue weighted by molar-refractivity contribution is 9.11. The number of benzene rings is 1. The summed E-state index contributed by atoms with van der Waals surface area (Å²) in [5, 5.41) is 0.618. The Kier molecular flexibility index (Phi) is 4.70. The topological polar surface area (TPSA) is 38.4 Å². The summed E-state index contributed by atoms with van der Waals surface area (Å²) in [6, 6.07) is 3.49. The summed E-state index contributed by atoms with van der Waals surface area (Å²) in [5.74, 6) is 0.553. The molecule has 6 heteroatoms. The van der Waals surface area contributed by atoms with Gasteiger partial charge in [0, 0.05) is 14.0 Å². The van der Waals surface area contributed by atoms with Crippen LogP contribution in [0.3, 0.4) is 0 Å². The third kappa shape index (κ3) is 3.12. The summed E-state index contributed by atoms with van der Waals surface area (Å²) in [5.41, 5.74) is 6.21. The molecule has 0 atom stereocenters. The molecule has 0 aliphatic carbocycles. The summed E-state index contributed by atoms with van der Waals surface area (Å²) in [6.45, 7) is 0. The molecule has 0 amide bonds. The lowest BCUT2D eigenvalue weighted by Crippen LogP contribution is -2.12. The molecule has 0 aliphatic heterocycles. The highest BCUT2D eigenvalue weighted by Crippen LogP contribution is 2.36. The van der Waals surface area contributed by atoms with Crippen molar-refractivity contribution in [2.24, 2.45) is 10.7 Å². The van der Waals surface area contributed by atoms with Crippen LogP contribution in [0.25, 0.3) is 0 Å². The van der Waals surface area contributed by atoms with E-state index in [1.807, 2.05) is 0 Å². The van der Waals surface area contributed by atoms with Gasteiger partial charge in [-0.3, -0.25) is 0 Å². The molecule has 0 fully saturated rings. The summed E-state index contributed by atoms with van der Waals surface area (Å²) in [4.78, 5) is 4.13. The molecular formula is C8H6Br2Cl2N2. The first-order chi connectivity index (χ1) is 6.54. The molecule has 0 saturated heterocycles. The van der Waals surface area contributed by atoms with Crippen molar-refractivity contribution in [2.45, 2.75) is 0 Å². The van der Waals surface area contributed by atoms with E-state index in [1.54, 1.807) is 12.1 Å². The van der Waals surface area contributed by atoms with E-state index in [1.165, 1.54) is 0 Å². The van der Waals surface area contributed by atoms with Crippen molar-refractivity contribution in [3.63, 3.8) is 0 Å². The molecule has 0 saturated carbocycles. The second-order valence-corrected chi connectivity index (χ2v) is 4.87. The van der Waals surface area contributed by atoms with E-state index >= 15 is 0 Å². The highest BCUT2D eigenvalue weighted by atomic mass is 79.9. The predicted molar refractivity (Wildman–Crippen MR) is 68.9 cm³/mol. The number of alkyl halides is 1. The molecule has 0 aromatic heterocycles. The van der Waals surface area contributed by atoms with Gasteiger partial charge >= 0.3 is 0 Å². The van der Waals surface area contributed by atoms with Gasteiger partial charge in [-0.05, 0) is 44.0 Å². The summed E-state index contributed by atoms with van der Waals surface area (Å²) in [6.07, 6.45) is 0. The number of hydrogen-bond donors (Lipinski definition) is 1. The van der Waals surface area contributed by atoms with E-state index in [2.05, 4.69) is 36.9 Å². The van der Waals surface area contributed by atoms with Crippen molar-refractivity contribution in [3.05, 3.63) is 26.1 Å². The molecule has 1 aromatic rings. The van der Waals surface area contributed by atoms with E-state index in [9.17, 15) is 0 Å². The van der Waals surface area contributed by atoms with Crippen LogP contribution in [-0.4, -0.2) is 11.7 Å². The third-order valence-electron chi connectivity index (χ3n) is 1.37. The van der Waals surface area contributed by atoms with Crippen LogP contribution in [0.5, 0.6) is 0 Å². The number of rotatable bonds is 2. The Morgan fingerprint density at radius 3 is 2.29 bits per heavy atom. The standard InChI is InChI=1S/C8H6Br2Cl2N2/c9-5-1-4(12)2-6(10)8(5)14-7(13)3-11/h1-2H,3H2,(H2,13,14). The highest BCUT2D eigenvalue weighted by Gasteiger charge is 2.06. The van der Waals surface area contributed by atoms with E-state index < -0.39 is 0 Å². The molecule has 0 radical (unpaired) electrons. The van der Waals surface area contributed by atoms with Gasteiger partial charge in [0.1, 0.15) is 5.84 Å². The number of amidine groups is 1. The van der Waals surface area contributed by atoms with E-state index in [0.717, 1.165) is 8.95 Å². The van der Waals surface area contributed by atoms with Gasteiger partial charge in [0.25, 0.3) is 0 Å². The first kappa shape index (κ1) is 12.3. The van der Waals surface area contributed by atoms with Gasteiger partial charge in [-0.2, -0.15) is 0 Å². The summed E-state index contributed by atoms with van der Waals surface area (Å²) < 4.78 is 1.54. The monoisotopic (exact) mass is 358 g/mol. The van der Waals surface area contributed by atoms with Crippen LogP contribution in [0.15, 0.2) is 26.1 Å². The number of halogens is 4. The molecule has 1 rings (SSSR count). The van der Waals surface area contributed by atoms with Crippen LogP contribution in [0.1, 0.15) is 0 Å². The minimum atomic E-state index is 0.196. The van der Waals surface area contributed by atoms with Gasteiger partial charge < -0.3 is 5.73 Å². The fraction of sp³-hybridized carbons (Fsp3) is 0.125. The van der Waals surface area contributed by atoms with Gasteiger partial charge in [-0.25, -0.2) is 4.99 Å². The average molecular weight is 361 g/mol. The molecule has 1 aromatic carbocycles. The van der Waals surface area contributed by atoms with Crippen LogP contribution in [0.4, 0.5) is 5.69 Å². The van der Waals surface area contributed by atoms with Crippen molar-refractivity contribution < 1.29 is 0 Å². The first-order valence-corrected chi connectivity index (χ1v) is 6.08. The smallest absolute Gasteiger partial charge is 0.115 e. The van der Waals surface area contributed by atoms with Crippen LogP contribution in [0, 0.1) is 0 Å². The van der Waals surface area contributed by atoms with E-state index in [-0.39, 0.29) is 5.88 Å². The maximum atomic E-state index is 5.83. The maximum Gasteiger partial charge on any atom is 0.115 e. The minimum absolute atomic E-state index is 0.196. The molecule has 0 unspecified atom stereocenters. The lowest BCUT2D eigenvalue weighted by atomic mass is 10.3. The van der Waals surface area contributed by atoms with Gasteiger partial charge in [-0.1, -0.05) is 11.6 Å². The average Bonchev–Trinajstić information content (AvgIpc) is 2.10. The van der Waals surface area contributed by atoms with Gasteiger partial charge in [0.05, 0.1) is 11.6 Å². The van der Waals surface area contributed by atoms with Crippen LogP contribution in [0.2, 0.25) is 5.02 Å². The first-order valence-electron chi connectivity index (χ1n) is 3.58. The van der Waals surface area contributed by atoms with Crippen molar-refractivity contribution in [1.82, 2.24) is 0 Å². The zero-order valence-electron chi connectivity index (χ0n) is 6.90. The van der Waals surface area contributed by atoms with Crippen molar-refractivity contribution in [2.75, 3.05) is 5.88 Å². The van der Waals surface area contributed by atoms with Crippen molar-refractivity contribution in [1.29, 1.82) is 0 Å². The fourth-order valence-corrected chi connectivity index (χ4v) is 2.72. The molecule has 2 N–H and O–H groups in total. The van der Waals surface area contributed by atoms with Crippen LogP contribution >= 0.6 is 55.1 Å². The molecule has 0 bridgehead atoms. The zero-order chi connectivity index (χ0) is 10.7. The fourth-order valence-electron chi connectivity index (χ4n) is 0.815. The van der Waals surface area contributed by atoms with Gasteiger partial charge in [-0.15, -0.1) is 11.6 Å². The Morgan fingerprint density at radius 2 is 1.86 bits per heavy atom. The second-order valence-electron chi connectivity index (χ2n) is 2.45. The molecule has 0 spiro atoms. The van der Waals surface area contributed by atoms with Gasteiger partial charge in [0.15, 0.2) is 0 Å². The lowest BCUT2D eigenvalue weighted by Gasteiger charge is -2.03. The Bertz CT molecular complexity index is 357. The Morgan fingerprint density at radius 1 is 1.36 bits per heavy atom. The molecule has 14 heavy (non-hydrogen) atoms. The van der Waals surface area contributed by atoms with E-state index in [0.29, 0.717) is 16.5 Å². The predicted octanol–water partition coefficient (Wildman–Crippen LogP) is 4.09. The molecule has 0 aliphatic rings. The molecular weight excluding hydrogens is 355 g/mol.